The van der Waals surface area contributed by atoms with Crippen LogP contribution in [-0.4, -0.2) is 39.9 Å². The summed E-state index contributed by atoms with van der Waals surface area (Å²) in [5, 5.41) is 10.8. The van der Waals surface area contributed by atoms with Crippen LogP contribution in [-0.2, 0) is 14.4 Å². The number of amides is 1. The van der Waals surface area contributed by atoms with Gasteiger partial charge >= 0.3 is 5.97 Å². The van der Waals surface area contributed by atoms with E-state index in [9.17, 15) is 14.4 Å². The fraction of sp³-hybridized carbons (Fsp3) is 0.625. The zero-order valence-electron chi connectivity index (χ0n) is 8.65. The number of hydrogen-bond donors (Lipinski definition) is 3. The van der Waals surface area contributed by atoms with Crippen LogP contribution in [0.15, 0.2) is 0 Å². The van der Waals surface area contributed by atoms with Crippen LogP contribution in [0, 0.1) is 0 Å². The molecule has 0 rings (SSSR count). The van der Waals surface area contributed by atoms with E-state index in [1.807, 2.05) is 0 Å². The molecule has 0 aliphatic rings. The van der Waals surface area contributed by atoms with Crippen molar-refractivity contribution in [2.75, 3.05) is 5.75 Å². The molecule has 0 aliphatic carbocycles. The molecule has 0 saturated carbocycles. The Morgan fingerprint density at radius 1 is 1.47 bits per heavy atom. The predicted octanol–water partition coefficient (Wildman–Crippen LogP) is -1.53. The highest BCUT2D eigenvalue weighted by Gasteiger charge is 2.21. The quantitative estimate of drug-likeness (QED) is 0.535. The molecule has 0 fully saturated rings. The highest BCUT2D eigenvalue weighted by atomic mass is 32.2. The van der Waals surface area contributed by atoms with Gasteiger partial charge in [0.15, 0.2) is 6.04 Å². The molecule has 86 valence electrons. The fourth-order valence-electron chi connectivity index (χ4n) is 0.728. The molecule has 5 N–H and O–H groups in total. The van der Waals surface area contributed by atoms with Gasteiger partial charge in [-0.25, -0.2) is 4.79 Å². The Morgan fingerprint density at radius 3 is 2.33 bits per heavy atom. The monoisotopic (exact) mass is 235 g/mol. The second-order valence-corrected chi connectivity index (χ2v) is 4.15. The summed E-state index contributed by atoms with van der Waals surface area (Å²) in [6, 6.07) is -1.42. The smallest absolute Gasteiger partial charge is 0.327 e. The molecular weight excluding hydrogens is 220 g/mol. The maximum atomic E-state index is 11.2. The SMILES string of the molecule is CC(=O)NC(CSC(=O)C(C)[NH3+])C(=O)O. The minimum absolute atomic E-state index is 0.0214. The van der Waals surface area contributed by atoms with Crippen LogP contribution in [0.1, 0.15) is 13.8 Å². The van der Waals surface area contributed by atoms with Crippen molar-refractivity contribution in [2.45, 2.75) is 25.9 Å². The third-order valence-electron chi connectivity index (χ3n) is 1.47. The number of carboxylic acid groups (broad SMARTS) is 1. The Bertz CT molecular complexity index is 267. The van der Waals surface area contributed by atoms with Crippen molar-refractivity contribution in [2.24, 2.45) is 0 Å². The zero-order chi connectivity index (χ0) is 12.0. The molecule has 0 saturated heterocycles. The highest BCUT2D eigenvalue weighted by Crippen LogP contribution is 2.06. The molecular formula is C8H15N2O4S+. The Morgan fingerprint density at radius 2 is 2.00 bits per heavy atom. The average Bonchev–Trinajstić information content (AvgIpc) is 2.10. The first-order valence-electron chi connectivity index (χ1n) is 4.34. The van der Waals surface area contributed by atoms with Crippen LogP contribution in [0.5, 0.6) is 0 Å². The van der Waals surface area contributed by atoms with E-state index in [0.29, 0.717) is 0 Å². The van der Waals surface area contributed by atoms with Crippen LogP contribution in [0.2, 0.25) is 0 Å². The Hall–Kier alpha value is -1.08. The van der Waals surface area contributed by atoms with Crippen molar-refractivity contribution in [3.8, 4) is 0 Å². The van der Waals surface area contributed by atoms with Gasteiger partial charge in [0.25, 0.3) is 0 Å². The third kappa shape index (κ3) is 6.08. The number of aliphatic carboxylic acids is 1. The largest absolute Gasteiger partial charge is 0.480 e. The van der Waals surface area contributed by atoms with E-state index in [1.54, 1.807) is 6.92 Å². The average molecular weight is 235 g/mol. The summed E-state index contributed by atoms with van der Waals surface area (Å²) in [6.45, 7) is 2.86. The van der Waals surface area contributed by atoms with Gasteiger partial charge in [0, 0.05) is 12.7 Å². The second-order valence-electron chi connectivity index (χ2n) is 3.12. The van der Waals surface area contributed by atoms with Crippen molar-refractivity contribution in [3.63, 3.8) is 0 Å². The van der Waals surface area contributed by atoms with E-state index in [4.69, 9.17) is 5.11 Å². The first-order chi connectivity index (χ1) is 6.84. The van der Waals surface area contributed by atoms with Crippen LogP contribution in [0.4, 0.5) is 0 Å². The first kappa shape index (κ1) is 13.9. The Kier molecular flexibility index (Phi) is 5.95. The molecule has 0 aromatic carbocycles. The molecule has 15 heavy (non-hydrogen) atoms. The van der Waals surface area contributed by atoms with E-state index in [1.165, 1.54) is 6.92 Å². The lowest BCUT2D eigenvalue weighted by Crippen LogP contribution is -2.62. The summed E-state index contributed by atoms with van der Waals surface area (Å²) in [5.74, 6) is -1.56. The van der Waals surface area contributed by atoms with E-state index in [0.717, 1.165) is 11.8 Å². The van der Waals surface area contributed by atoms with Crippen molar-refractivity contribution < 1.29 is 25.2 Å². The molecule has 0 aliphatic heterocycles. The molecule has 0 radical (unpaired) electrons. The number of hydrogen-bond acceptors (Lipinski definition) is 4. The second kappa shape index (κ2) is 6.41. The molecule has 0 aromatic rings. The fourth-order valence-corrected chi connectivity index (χ4v) is 1.57. The zero-order valence-corrected chi connectivity index (χ0v) is 9.47. The molecule has 0 bridgehead atoms. The maximum absolute atomic E-state index is 11.2. The van der Waals surface area contributed by atoms with Gasteiger partial charge in [0.1, 0.15) is 6.04 Å². The number of rotatable bonds is 5. The van der Waals surface area contributed by atoms with Crippen LogP contribution in [0.3, 0.4) is 0 Å². The molecule has 1 amide bonds. The molecule has 0 heterocycles. The van der Waals surface area contributed by atoms with Gasteiger partial charge in [-0.2, -0.15) is 0 Å². The summed E-state index contributed by atoms with van der Waals surface area (Å²) in [4.78, 5) is 32.5. The minimum Gasteiger partial charge on any atom is -0.480 e. The van der Waals surface area contributed by atoms with Crippen molar-refractivity contribution in [1.29, 1.82) is 0 Å². The van der Waals surface area contributed by atoms with E-state index in [-0.39, 0.29) is 16.9 Å². The lowest BCUT2D eigenvalue weighted by atomic mass is 10.3. The topological polar surface area (TPSA) is 111 Å². The van der Waals surface area contributed by atoms with Crippen LogP contribution < -0.4 is 11.1 Å². The summed E-state index contributed by atoms with van der Waals surface area (Å²) in [7, 11) is 0. The number of thioether (sulfide) groups is 1. The van der Waals surface area contributed by atoms with Crippen LogP contribution in [0.25, 0.3) is 0 Å². The van der Waals surface area contributed by atoms with Crippen molar-refractivity contribution >= 4 is 28.8 Å². The molecule has 2 atom stereocenters. The third-order valence-corrected chi connectivity index (χ3v) is 2.66. The molecule has 0 aromatic heterocycles. The molecule has 7 heteroatoms. The van der Waals surface area contributed by atoms with Gasteiger partial charge < -0.3 is 16.2 Å². The predicted molar refractivity (Wildman–Crippen MR) is 55.1 cm³/mol. The highest BCUT2D eigenvalue weighted by molar-refractivity contribution is 8.13. The molecule has 6 nitrogen and oxygen atoms in total. The summed E-state index contributed by atoms with van der Waals surface area (Å²) in [6.07, 6.45) is 0. The van der Waals surface area contributed by atoms with Crippen LogP contribution >= 0.6 is 11.8 Å². The number of nitrogens with one attached hydrogen (secondary N) is 1. The van der Waals surface area contributed by atoms with Gasteiger partial charge in [0.2, 0.25) is 11.0 Å². The maximum Gasteiger partial charge on any atom is 0.327 e. The van der Waals surface area contributed by atoms with Gasteiger partial charge in [-0.15, -0.1) is 0 Å². The van der Waals surface area contributed by atoms with Crippen molar-refractivity contribution in [3.05, 3.63) is 0 Å². The van der Waals surface area contributed by atoms with Crippen molar-refractivity contribution in [1.82, 2.24) is 5.32 Å². The summed E-state index contributed by atoms with van der Waals surface area (Å²) >= 11 is 0.866. The van der Waals surface area contributed by atoms with Gasteiger partial charge in [0.05, 0.1) is 0 Å². The lowest BCUT2D eigenvalue weighted by Gasteiger charge is -2.12. The number of carbonyl (C=O) groups excluding carboxylic acids is 2. The summed E-state index contributed by atoms with van der Waals surface area (Å²) in [5.41, 5.74) is 3.52. The Balaban J connectivity index is 4.13. The minimum atomic E-state index is -1.15. The van der Waals surface area contributed by atoms with Gasteiger partial charge in [-0.05, 0) is 6.92 Å². The number of carbonyl (C=O) groups is 3. The van der Waals surface area contributed by atoms with Gasteiger partial charge in [-0.1, -0.05) is 11.8 Å². The Labute approximate surface area is 91.6 Å². The van der Waals surface area contributed by atoms with E-state index in [2.05, 4.69) is 11.1 Å². The normalized spacial score (nSPS) is 14.1. The molecule has 0 spiro atoms. The number of quaternary nitrogens is 1. The lowest BCUT2D eigenvalue weighted by molar-refractivity contribution is -0.395. The molecule has 2 unspecified atom stereocenters. The van der Waals surface area contributed by atoms with E-state index >= 15 is 0 Å². The first-order valence-corrected chi connectivity index (χ1v) is 5.32. The van der Waals surface area contributed by atoms with Gasteiger partial charge in [-0.3, -0.25) is 9.59 Å². The van der Waals surface area contributed by atoms with E-state index < -0.39 is 17.9 Å². The standard InChI is InChI=1S/C8H14N2O4S/c1-4(9)8(14)15-3-6(7(12)13)10-5(2)11/h4,6H,3,9H2,1-2H3,(H,10,11)(H,12,13)/p+1. The number of carboxylic acids is 1. The summed E-state index contributed by atoms with van der Waals surface area (Å²) < 4.78 is 0.